The zero-order valence-electron chi connectivity index (χ0n) is 13.8. The summed E-state index contributed by atoms with van der Waals surface area (Å²) in [4.78, 5) is 0. The molecule has 0 fully saturated rings. The van der Waals surface area contributed by atoms with Crippen LogP contribution in [-0.2, 0) is 12.8 Å². The Morgan fingerprint density at radius 2 is 1.32 bits per heavy atom. The van der Waals surface area contributed by atoms with Crippen molar-refractivity contribution in [2.45, 2.75) is 61.3 Å². The highest BCUT2D eigenvalue weighted by Gasteiger charge is 2.52. The number of rotatable bonds is 1. The fraction of sp³-hybridized carbons (Fsp3) is 0.684. The van der Waals surface area contributed by atoms with E-state index in [1.807, 2.05) is 0 Å². The van der Waals surface area contributed by atoms with Gasteiger partial charge in [-0.1, -0.05) is 72.7 Å². The number of benzene rings is 1. The van der Waals surface area contributed by atoms with Crippen molar-refractivity contribution in [3.8, 4) is 0 Å². The van der Waals surface area contributed by atoms with E-state index in [1.54, 1.807) is 11.1 Å². The van der Waals surface area contributed by atoms with Gasteiger partial charge in [-0.25, -0.2) is 0 Å². The Morgan fingerprint density at radius 3 is 1.63 bits per heavy atom. The molecular formula is C19H30. The van der Waals surface area contributed by atoms with Gasteiger partial charge in [0.05, 0.1) is 0 Å². The molecule has 0 N–H and O–H groups in total. The first-order chi connectivity index (χ1) is 8.58. The first-order valence-electron chi connectivity index (χ1n) is 7.65. The van der Waals surface area contributed by atoms with E-state index in [4.69, 9.17) is 0 Å². The minimum Gasteiger partial charge on any atom is -0.0620 e. The summed E-state index contributed by atoms with van der Waals surface area (Å²) < 4.78 is 0. The zero-order valence-corrected chi connectivity index (χ0v) is 13.8. The van der Waals surface area contributed by atoms with E-state index in [1.165, 1.54) is 12.8 Å². The van der Waals surface area contributed by atoms with E-state index in [-0.39, 0.29) is 0 Å². The molecule has 0 aromatic heterocycles. The van der Waals surface area contributed by atoms with Crippen LogP contribution in [0.15, 0.2) is 24.3 Å². The summed E-state index contributed by atoms with van der Waals surface area (Å²) in [6.07, 6.45) is 2.48. The lowest BCUT2D eigenvalue weighted by atomic mass is 9.53. The quantitative estimate of drug-likeness (QED) is 0.624. The van der Waals surface area contributed by atoms with Gasteiger partial charge in [-0.05, 0) is 46.1 Å². The van der Waals surface area contributed by atoms with Crippen molar-refractivity contribution in [1.29, 1.82) is 0 Å². The molecule has 0 heteroatoms. The summed E-state index contributed by atoms with van der Waals surface area (Å²) in [5.41, 5.74) is 4.23. The third-order valence-corrected chi connectivity index (χ3v) is 5.75. The van der Waals surface area contributed by atoms with Gasteiger partial charge in [-0.2, -0.15) is 0 Å². The molecule has 1 aliphatic carbocycles. The highest BCUT2D eigenvalue weighted by Crippen LogP contribution is 2.57. The van der Waals surface area contributed by atoms with Gasteiger partial charge in [0.25, 0.3) is 0 Å². The summed E-state index contributed by atoms with van der Waals surface area (Å²) in [7, 11) is 0. The molecule has 1 unspecified atom stereocenters. The van der Waals surface area contributed by atoms with Crippen molar-refractivity contribution in [2.75, 3.05) is 0 Å². The third-order valence-electron chi connectivity index (χ3n) is 5.75. The second-order valence-corrected chi connectivity index (χ2v) is 8.62. The van der Waals surface area contributed by atoms with Gasteiger partial charge in [0.2, 0.25) is 0 Å². The fourth-order valence-electron chi connectivity index (χ4n) is 3.96. The lowest BCUT2D eigenvalue weighted by Gasteiger charge is -2.51. The summed E-state index contributed by atoms with van der Waals surface area (Å²) in [5.74, 6) is 0.701. The minimum atomic E-state index is 0.332. The summed E-state index contributed by atoms with van der Waals surface area (Å²) in [6.45, 7) is 17.0. The Labute approximate surface area is 119 Å². The molecule has 0 radical (unpaired) electrons. The molecule has 1 aromatic carbocycles. The maximum atomic E-state index is 2.47. The van der Waals surface area contributed by atoms with Gasteiger partial charge >= 0.3 is 0 Å². The molecule has 19 heavy (non-hydrogen) atoms. The van der Waals surface area contributed by atoms with Crippen LogP contribution in [0.25, 0.3) is 0 Å². The molecule has 0 saturated carbocycles. The standard InChI is InChI=1S/C19H30/c1-14(17(2,3)4)19(18(5,6)7)12-15-10-8-9-11-16(15)13-19/h8-11,14H,12-13H2,1-7H3. The maximum Gasteiger partial charge on any atom is -0.0137 e. The summed E-state index contributed by atoms with van der Waals surface area (Å²) in [5, 5.41) is 0. The van der Waals surface area contributed by atoms with Crippen LogP contribution in [0.5, 0.6) is 0 Å². The number of hydrogen-bond donors (Lipinski definition) is 0. The van der Waals surface area contributed by atoms with Crippen LogP contribution in [-0.4, -0.2) is 0 Å². The van der Waals surface area contributed by atoms with Gasteiger partial charge in [-0.15, -0.1) is 0 Å². The van der Waals surface area contributed by atoms with Crippen molar-refractivity contribution in [3.05, 3.63) is 35.4 Å². The molecule has 0 saturated heterocycles. The van der Waals surface area contributed by atoms with E-state index in [0.717, 1.165) is 0 Å². The van der Waals surface area contributed by atoms with Gasteiger partial charge < -0.3 is 0 Å². The SMILES string of the molecule is CC(C(C)(C)C)C1(C(C)(C)C)Cc2ccccc2C1. The summed E-state index contributed by atoms with van der Waals surface area (Å²) >= 11 is 0. The first kappa shape index (κ1) is 14.6. The van der Waals surface area contributed by atoms with Crippen LogP contribution in [0.3, 0.4) is 0 Å². The second kappa shape index (κ2) is 4.36. The van der Waals surface area contributed by atoms with Gasteiger partial charge in [0.1, 0.15) is 0 Å². The third kappa shape index (κ3) is 2.35. The molecule has 1 aliphatic rings. The van der Waals surface area contributed by atoms with E-state index in [0.29, 0.717) is 22.2 Å². The Kier molecular flexibility index (Phi) is 3.36. The first-order valence-corrected chi connectivity index (χ1v) is 7.65. The number of hydrogen-bond acceptors (Lipinski definition) is 0. The van der Waals surface area contributed by atoms with Crippen molar-refractivity contribution >= 4 is 0 Å². The van der Waals surface area contributed by atoms with Crippen molar-refractivity contribution in [1.82, 2.24) is 0 Å². The highest BCUT2D eigenvalue weighted by atomic mass is 14.6. The minimum absolute atomic E-state index is 0.332. The van der Waals surface area contributed by atoms with Crippen molar-refractivity contribution in [3.63, 3.8) is 0 Å². The lowest BCUT2D eigenvalue weighted by Crippen LogP contribution is -2.47. The molecule has 0 spiro atoms. The molecule has 0 heterocycles. The fourth-order valence-corrected chi connectivity index (χ4v) is 3.96. The molecule has 1 atom stereocenters. The predicted octanol–water partition coefficient (Wildman–Crippen LogP) is 5.50. The van der Waals surface area contributed by atoms with E-state index < -0.39 is 0 Å². The molecular weight excluding hydrogens is 228 g/mol. The molecule has 0 amide bonds. The Hall–Kier alpha value is -0.780. The average molecular weight is 258 g/mol. The molecule has 2 rings (SSSR count). The van der Waals surface area contributed by atoms with Crippen LogP contribution in [0.1, 0.15) is 59.6 Å². The monoisotopic (exact) mass is 258 g/mol. The zero-order chi connectivity index (χ0) is 14.5. The van der Waals surface area contributed by atoms with Crippen molar-refractivity contribution < 1.29 is 0 Å². The lowest BCUT2D eigenvalue weighted by molar-refractivity contribution is -0.0215. The Morgan fingerprint density at radius 1 is 0.895 bits per heavy atom. The Bertz CT molecular complexity index is 429. The molecule has 0 aliphatic heterocycles. The van der Waals surface area contributed by atoms with Crippen LogP contribution in [0.2, 0.25) is 0 Å². The highest BCUT2D eigenvalue weighted by molar-refractivity contribution is 5.36. The average Bonchev–Trinajstić information content (AvgIpc) is 2.66. The normalized spacial score (nSPS) is 20.2. The van der Waals surface area contributed by atoms with Crippen LogP contribution >= 0.6 is 0 Å². The van der Waals surface area contributed by atoms with E-state index in [9.17, 15) is 0 Å². The van der Waals surface area contributed by atoms with Crippen LogP contribution in [0.4, 0.5) is 0 Å². The maximum absolute atomic E-state index is 2.47. The van der Waals surface area contributed by atoms with Gasteiger partial charge in [0.15, 0.2) is 0 Å². The predicted molar refractivity (Wildman–Crippen MR) is 84.4 cm³/mol. The van der Waals surface area contributed by atoms with E-state index >= 15 is 0 Å². The summed E-state index contributed by atoms with van der Waals surface area (Å²) in [6, 6.07) is 9.05. The van der Waals surface area contributed by atoms with Crippen LogP contribution in [0, 0.1) is 22.2 Å². The molecule has 0 bridgehead atoms. The van der Waals surface area contributed by atoms with Gasteiger partial charge in [0, 0.05) is 0 Å². The van der Waals surface area contributed by atoms with Crippen molar-refractivity contribution in [2.24, 2.45) is 22.2 Å². The van der Waals surface area contributed by atoms with E-state index in [2.05, 4.69) is 72.7 Å². The van der Waals surface area contributed by atoms with Crippen LogP contribution < -0.4 is 0 Å². The Balaban J connectivity index is 2.48. The smallest absolute Gasteiger partial charge is 0.0137 e. The van der Waals surface area contributed by atoms with Gasteiger partial charge in [-0.3, -0.25) is 0 Å². The largest absolute Gasteiger partial charge is 0.0620 e. The molecule has 106 valence electrons. The second-order valence-electron chi connectivity index (χ2n) is 8.62. The molecule has 1 aromatic rings. The molecule has 0 nitrogen and oxygen atoms in total. The topological polar surface area (TPSA) is 0 Å². The number of fused-ring (bicyclic) bond motifs is 1.